The van der Waals surface area contributed by atoms with Crippen LogP contribution in [0.3, 0.4) is 0 Å². The molecule has 132 valence electrons. The molecule has 2 amide bonds. The number of amides is 2. The van der Waals surface area contributed by atoms with Crippen LogP contribution in [0.1, 0.15) is 36.5 Å². The van der Waals surface area contributed by atoms with Gasteiger partial charge in [-0.3, -0.25) is 9.59 Å². The van der Waals surface area contributed by atoms with E-state index in [9.17, 15) is 14.4 Å². The maximum absolute atomic E-state index is 12.8. The van der Waals surface area contributed by atoms with Gasteiger partial charge >= 0.3 is 5.63 Å². The van der Waals surface area contributed by atoms with Gasteiger partial charge in [-0.25, -0.2) is 4.79 Å². The van der Waals surface area contributed by atoms with Gasteiger partial charge in [-0.05, 0) is 25.0 Å². The molecule has 3 rings (SSSR count). The van der Waals surface area contributed by atoms with Crippen LogP contribution in [0.5, 0.6) is 0 Å². The van der Waals surface area contributed by atoms with Crippen LogP contribution in [0.4, 0.5) is 0 Å². The molecule has 0 spiro atoms. The van der Waals surface area contributed by atoms with Crippen LogP contribution in [0, 0.1) is 0 Å². The number of rotatable bonds is 3. The molecule has 1 fully saturated rings. The first-order valence-corrected chi connectivity index (χ1v) is 8.70. The maximum Gasteiger partial charge on any atom is 0.349 e. The van der Waals surface area contributed by atoms with Crippen LogP contribution in [-0.2, 0) is 4.79 Å². The van der Waals surface area contributed by atoms with Crippen LogP contribution in [0.25, 0.3) is 11.0 Å². The number of hydrogen-bond acceptors (Lipinski definition) is 4. The molecule has 6 heteroatoms. The van der Waals surface area contributed by atoms with E-state index in [1.807, 2.05) is 19.1 Å². The Morgan fingerprint density at radius 1 is 1.08 bits per heavy atom. The second-order valence-corrected chi connectivity index (χ2v) is 6.26. The number of benzene rings is 1. The van der Waals surface area contributed by atoms with Gasteiger partial charge in [-0.2, -0.15) is 0 Å². The molecule has 0 saturated carbocycles. The third-order valence-corrected chi connectivity index (χ3v) is 4.47. The van der Waals surface area contributed by atoms with Gasteiger partial charge in [-0.15, -0.1) is 0 Å². The molecule has 1 aromatic carbocycles. The molecular weight excluding hydrogens is 320 g/mol. The third-order valence-electron chi connectivity index (χ3n) is 4.47. The van der Waals surface area contributed by atoms with Crippen molar-refractivity contribution in [3.05, 3.63) is 46.3 Å². The Morgan fingerprint density at radius 3 is 2.60 bits per heavy atom. The molecule has 0 unspecified atom stereocenters. The fourth-order valence-corrected chi connectivity index (χ4v) is 3.12. The van der Waals surface area contributed by atoms with Gasteiger partial charge in [0, 0.05) is 38.0 Å². The number of hydrogen-bond donors (Lipinski definition) is 0. The van der Waals surface area contributed by atoms with E-state index in [1.54, 1.807) is 28.0 Å². The monoisotopic (exact) mass is 342 g/mol. The smallest absolute Gasteiger partial charge is 0.349 e. The lowest BCUT2D eigenvalue weighted by molar-refractivity contribution is -0.131. The van der Waals surface area contributed by atoms with Crippen LogP contribution in [0.15, 0.2) is 39.5 Å². The Morgan fingerprint density at radius 2 is 1.80 bits per heavy atom. The third kappa shape index (κ3) is 3.73. The summed E-state index contributed by atoms with van der Waals surface area (Å²) in [5, 5.41) is 0.722. The Balaban J connectivity index is 1.78. The zero-order valence-electron chi connectivity index (χ0n) is 14.4. The number of carbonyl (C=O) groups excluding carboxylic acids is 2. The molecule has 1 aromatic heterocycles. The van der Waals surface area contributed by atoms with E-state index in [0.29, 0.717) is 44.6 Å². The highest BCUT2D eigenvalue weighted by Gasteiger charge is 2.24. The number of para-hydroxylation sites is 1. The minimum atomic E-state index is -0.619. The lowest BCUT2D eigenvalue weighted by Gasteiger charge is -2.22. The van der Waals surface area contributed by atoms with Crippen LogP contribution >= 0.6 is 0 Å². The highest BCUT2D eigenvalue weighted by molar-refractivity contribution is 5.96. The minimum absolute atomic E-state index is 0.0482. The summed E-state index contributed by atoms with van der Waals surface area (Å²) in [7, 11) is 0. The van der Waals surface area contributed by atoms with Gasteiger partial charge in [0.1, 0.15) is 11.1 Å². The van der Waals surface area contributed by atoms with Crippen molar-refractivity contribution in [2.75, 3.05) is 26.2 Å². The Hall–Kier alpha value is -2.63. The van der Waals surface area contributed by atoms with Gasteiger partial charge in [0.2, 0.25) is 5.91 Å². The Labute approximate surface area is 146 Å². The molecule has 0 bridgehead atoms. The van der Waals surface area contributed by atoms with Crippen LogP contribution in [0.2, 0.25) is 0 Å². The lowest BCUT2D eigenvalue weighted by atomic mass is 10.1. The van der Waals surface area contributed by atoms with Crippen molar-refractivity contribution >= 4 is 22.8 Å². The zero-order chi connectivity index (χ0) is 17.8. The summed E-state index contributed by atoms with van der Waals surface area (Å²) in [5.74, 6) is -0.202. The second-order valence-electron chi connectivity index (χ2n) is 6.26. The molecule has 6 nitrogen and oxygen atoms in total. The summed E-state index contributed by atoms with van der Waals surface area (Å²) in [6.07, 6.45) is 2.05. The second kappa shape index (κ2) is 7.51. The molecule has 25 heavy (non-hydrogen) atoms. The molecule has 1 saturated heterocycles. The molecule has 0 radical (unpaired) electrons. The van der Waals surface area contributed by atoms with Crippen molar-refractivity contribution in [1.29, 1.82) is 0 Å². The minimum Gasteiger partial charge on any atom is -0.422 e. The van der Waals surface area contributed by atoms with E-state index in [4.69, 9.17) is 4.42 Å². The Bertz CT molecular complexity index is 843. The molecule has 2 aromatic rings. The van der Waals surface area contributed by atoms with Gasteiger partial charge in [0.15, 0.2) is 0 Å². The van der Waals surface area contributed by atoms with E-state index in [-0.39, 0.29) is 17.4 Å². The summed E-state index contributed by atoms with van der Waals surface area (Å²) >= 11 is 0. The molecule has 2 heterocycles. The van der Waals surface area contributed by atoms with E-state index in [1.165, 1.54) is 0 Å². The highest BCUT2D eigenvalue weighted by atomic mass is 16.4. The van der Waals surface area contributed by atoms with Crippen molar-refractivity contribution in [2.45, 2.75) is 26.2 Å². The summed E-state index contributed by atoms with van der Waals surface area (Å²) in [6.45, 7) is 4.09. The van der Waals surface area contributed by atoms with Crippen LogP contribution < -0.4 is 5.63 Å². The van der Waals surface area contributed by atoms with Crippen molar-refractivity contribution in [1.82, 2.24) is 9.80 Å². The summed E-state index contributed by atoms with van der Waals surface area (Å²) in [5.41, 5.74) is -0.102. The normalized spacial score (nSPS) is 15.2. The SMILES string of the molecule is CCCC(=O)N1CCCN(C(=O)c2cc3ccccc3oc2=O)CC1. The predicted molar refractivity (Wildman–Crippen MR) is 94.5 cm³/mol. The lowest BCUT2D eigenvalue weighted by Crippen LogP contribution is -2.38. The largest absolute Gasteiger partial charge is 0.422 e. The number of carbonyl (C=O) groups is 2. The fourth-order valence-electron chi connectivity index (χ4n) is 3.12. The van der Waals surface area contributed by atoms with Crippen molar-refractivity contribution in [2.24, 2.45) is 0 Å². The van der Waals surface area contributed by atoms with Crippen LogP contribution in [-0.4, -0.2) is 47.8 Å². The zero-order valence-corrected chi connectivity index (χ0v) is 14.4. The number of fused-ring (bicyclic) bond motifs is 1. The summed E-state index contributed by atoms with van der Waals surface area (Å²) in [6, 6.07) is 8.72. The molecule has 0 N–H and O–H groups in total. The van der Waals surface area contributed by atoms with Crippen molar-refractivity contribution in [3.8, 4) is 0 Å². The van der Waals surface area contributed by atoms with Crippen molar-refractivity contribution < 1.29 is 14.0 Å². The van der Waals surface area contributed by atoms with Gasteiger partial charge in [0.05, 0.1) is 0 Å². The molecule has 1 aliphatic rings. The predicted octanol–water partition coefficient (Wildman–Crippen LogP) is 2.27. The molecular formula is C19H22N2O4. The molecule has 0 atom stereocenters. The van der Waals surface area contributed by atoms with Gasteiger partial charge in [-0.1, -0.05) is 25.1 Å². The quantitative estimate of drug-likeness (QED) is 0.802. The standard InChI is InChI=1S/C19H22N2O4/c1-2-6-17(22)20-9-5-10-21(12-11-20)18(23)15-13-14-7-3-4-8-16(14)25-19(15)24/h3-4,7-8,13H,2,5-6,9-12H2,1H3. The van der Waals surface area contributed by atoms with E-state index >= 15 is 0 Å². The summed E-state index contributed by atoms with van der Waals surface area (Å²) < 4.78 is 5.26. The van der Waals surface area contributed by atoms with E-state index in [2.05, 4.69) is 0 Å². The first-order chi connectivity index (χ1) is 12.1. The molecule has 0 aliphatic carbocycles. The topological polar surface area (TPSA) is 70.8 Å². The molecule has 1 aliphatic heterocycles. The highest BCUT2D eigenvalue weighted by Crippen LogP contribution is 2.15. The van der Waals surface area contributed by atoms with Gasteiger partial charge in [0.25, 0.3) is 5.91 Å². The average Bonchev–Trinajstić information content (AvgIpc) is 2.87. The van der Waals surface area contributed by atoms with Crippen molar-refractivity contribution in [3.63, 3.8) is 0 Å². The van der Waals surface area contributed by atoms with Gasteiger partial charge < -0.3 is 14.2 Å². The Kier molecular flexibility index (Phi) is 5.16. The first kappa shape index (κ1) is 17.2. The first-order valence-electron chi connectivity index (χ1n) is 8.70. The average molecular weight is 342 g/mol. The van der Waals surface area contributed by atoms with E-state index < -0.39 is 5.63 Å². The maximum atomic E-state index is 12.8. The number of nitrogens with zero attached hydrogens (tertiary/aromatic N) is 2. The van der Waals surface area contributed by atoms with E-state index in [0.717, 1.165) is 11.8 Å². The fraction of sp³-hybridized carbons (Fsp3) is 0.421. The summed E-state index contributed by atoms with van der Waals surface area (Å²) in [4.78, 5) is 40.5.